The first-order valence-electron chi connectivity index (χ1n) is 16.8. The van der Waals surface area contributed by atoms with Crippen LogP contribution in [-0.4, -0.2) is 139 Å². The number of rotatable bonds is 18. The fraction of sp³-hybridized carbons (Fsp3) is 0.963. The Morgan fingerprint density at radius 1 is 0.774 bits per heavy atom. The molecule has 0 radical (unpaired) electrons. The second-order valence-corrected chi connectivity index (χ2v) is 22.8. The van der Waals surface area contributed by atoms with Crippen LogP contribution in [0.5, 0.6) is 0 Å². The third kappa shape index (κ3) is 13.2. The minimum atomic E-state index is -4.45. The van der Waals surface area contributed by atoms with E-state index in [9.17, 15) is 37.4 Å². The van der Waals surface area contributed by atoms with Crippen LogP contribution in [0, 0.1) is 5.92 Å². The summed E-state index contributed by atoms with van der Waals surface area (Å²) in [5, 5.41) is 9.33. The predicted molar refractivity (Wildman–Crippen MR) is 197 cm³/mol. The van der Waals surface area contributed by atoms with Gasteiger partial charge >= 0.3 is 26.2 Å². The molecule has 5 aliphatic rings. The van der Waals surface area contributed by atoms with Gasteiger partial charge in [-0.15, -0.1) is 0 Å². The zero-order chi connectivity index (χ0) is 38.6. The standard InChI is InChI=1S/C27H43F3IO16P3S3/c28-15-8-37-19(7-32)24(15)45-49(35,52)41-12-21-26(17(30)10-38-21)47-50(36,53)42-13-22-25(16(29)9-39-22)46-48(34,51)40-11-20-18(6-23(31)43-20)44-27(33)14-4-2-1-3-5-14/h14-26,32H,1-13H2,(H,34,51)(H,35,52)(H,36,53)/t15-,16-,17-,18-,19+,20+,21+,22+,23+,24-,25-,26-,48?,49?,50?/m0/s1. The van der Waals surface area contributed by atoms with Crippen LogP contribution in [0.3, 0.4) is 0 Å². The van der Waals surface area contributed by atoms with Crippen LogP contribution < -0.4 is 0 Å². The number of hydrogen-bond donors (Lipinski definition) is 4. The molecule has 3 N–H and O–H groups in total. The molecule has 0 aromatic carbocycles. The molecule has 308 valence electrons. The second kappa shape index (κ2) is 20.1. The minimum absolute atomic E-state index is 0.182. The van der Waals surface area contributed by atoms with Crippen LogP contribution in [0.25, 0.3) is 0 Å². The van der Waals surface area contributed by atoms with E-state index in [1.165, 1.54) is 0 Å². The summed E-state index contributed by atoms with van der Waals surface area (Å²) in [5.74, 6) is -0.491. The first-order chi connectivity index (χ1) is 25.0. The van der Waals surface area contributed by atoms with Gasteiger partial charge in [-0.1, -0.05) is 54.1 Å². The van der Waals surface area contributed by atoms with E-state index in [1.807, 2.05) is 22.6 Å². The van der Waals surface area contributed by atoms with Crippen molar-refractivity contribution < 1.29 is 88.3 Å². The van der Waals surface area contributed by atoms with E-state index >= 15 is 0 Å². The lowest BCUT2D eigenvalue weighted by Crippen LogP contribution is -2.36. The molecular formula is C27H43F3IO16P3S3. The number of alkyl halides is 4. The van der Waals surface area contributed by atoms with Gasteiger partial charge < -0.3 is 47.6 Å². The molecular weight excluding hydrogens is 953 g/mol. The molecule has 3 unspecified atom stereocenters. The largest absolute Gasteiger partial charge is 0.459 e. The first-order valence-corrected chi connectivity index (χ1v) is 25.9. The molecule has 1 saturated carbocycles. The fourth-order valence-electron chi connectivity index (χ4n) is 6.34. The Labute approximate surface area is 333 Å². The molecule has 5 rings (SSSR count). The van der Waals surface area contributed by atoms with Gasteiger partial charge in [0, 0.05) is 6.42 Å². The van der Waals surface area contributed by atoms with Gasteiger partial charge in [-0.3, -0.25) is 22.9 Å². The molecule has 15 atom stereocenters. The number of aliphatic hydroxyl groups excluding tert-OH is 1. The lowest BCUT2D eigenvalue weighted by atomic mass is 9.89. The maximum atomic E-state index is 14.9. The molecule has 0 spiro atoms. The summed E-state index contributed by atoms with van der Waals surface area (Å²) >= 11 is 16.0. The van der Waals surface area contributed by atoms with E-state index in [0.29, 0.717) is 6.42 Å². The average Bonchev–Trinajstić information content (AvgIpc) is 3.84. The predicted octanol–water partition coefficient (Wildman–Crippen LogP) is 3.91. The minimum Gasteiger partial charge on any atom is -0.459 e. The van der Waals surface area contributed by atoms with Crippen LogP contribution in [0.2, 0.25) is 0 Å². The Bertz CT molecular complexity index is 1380. The molecule has 53 heavy (non-hydrogen) atoms. The van der Waals surface area contributed by atoms with Gasteiger partial charge in [0.05, 0.1) is 52.2 Å². The number of halogens is 4. The smallest absolute Gasteiger partial charge is 0.386 e. The summed E-state index contributed by atoms with van der Waals surface area (Å²) in [6.07, 6.45) is -10.2. The van der Waals surface area contributed by atoms with E-state index in [4.69, 9.17) is 74.4 Å². The van der Waals surface area contributed by atoms with Gasteiger partial charge in [-0.05, 0) is 36.5 Å². The van der Waals surface area contributed by atoms with Crippen molar-refractivity contribution in [1.82, 2.24) is 0 Å². The van der Waals surface area contributed by atoms with Gasteiger partial charge in [-0.2, -0.15) is 0 Å². The number of carbonyl (C=O) groups excluding carboxylic acids is 1. The molecule has 4 heterocycles. The maximum absolute atomic E-state index is 14.9. The number of aliphatic hydroxyl groups is 1. The van der Waals surface area contributed by atoms with E-state index in [2.05, 4.69) is 12.2 Å². The topological polar surface area (TPSA) is 196 Å². The lowest BCUT2D eigenvalue weighted by molar-refractivity contribution is -0.158. The molecule has 0 bridgehead atoms. The summed E-state index contributed by atoms with van der Waals surface area (Å²) < 4.78 is 116. The summed E-state index contributed by atoms with van der Waals surface area (Å²) in [6, 6.07) is 0. The van der Waals surface area contributed by atoms with E-state index in [0.717, 1.165) is 32.1 Å². The molecule has 5 fully saturated rings. The normalized spacial score (nSPS) is 40.2. The van der Waals surface area contributed by atoms with Crippen molar-refractivity contribution in [1.29, 1.82) is 0 Å². The Balaban J connectivity index is 1.09. The summed E-state index contributed by atoms with van der Waals surface area (Å²) in [6.45, 7) is -16.4. The number of carbonyl (C=O) groups is 1. The molecule has 0 aromatic rings. The summed E-state index contributed by atoms with van der Waals surface area (Å²) in [5.41, 5.74) is 0. The third-order valence-electron chi connectivity index (χ3n) is 9.09. The highest BCUT2D eigenvalue weighted by Crippen LogP contribution is 2.57. The highest BCUT2D eigenvalue weighted by atomic mass is 127. The SMILES string of the molecule is O=C(O[C@H]1C[C@H](I)O[C@@H]1COP(O)(=S)O[C@H]1[C@@H](F)CO[C@@H]1COP(=O)(S)O[C@H]1[C@@H](F)CO[C@@H]1COP(O)(=S)O[C@H]1[C@@H](F)CO[C@@H]1CO)C1CCCCC1. The summed E-state index contributed by atoms with van der Waals surface area (Å²) in [4.78, 5) is 34.0. The Kier molecular flexibility index (Phi) is 17.2. The molecule has 26 heteroatoms. The Morgan fingerprint density at radius 2 is 1.25 bits per heavy atom. The van der Waals surface area contributed by atoms with Crippen LogP contribution in [0.4, 0.5) is 13.2 Å². The Morgan fingerprint density at radius 3 is 1.79 bits per heavy atom. The number of ether oxygens (including phenoxy) is 5. The van der Waals surface area contributed by atoms with Crippen LogP contribution in [-0.2, 0) is 83.8 Å². The summed E-state index contributed by atoms with van der Waals surface area (Å²) in [7, 11) is 0. The van der Waals surface area contributed by atoms with Crippen molar-refractivity contribution in [2.45, 2.75) is 110 Å². The van der Waals surface area contributed by atoms with Gasteiger partial charge in [-0.25, -0.2) is 17.7 Å². The molecule has 4 aliphatic heterocycles. The highest BCUT2D eigenvalue weighted by molar-refractivity contribution is 14.1. The lowest BCUT2D eigenvalue weighted by Gasteiger charge is -2.28. The van der Waals surface area contributed by atoms with Gasteiger partial charge in [0.15, 0.2) is 18.5 Å². The third-order valence-corrected chi connectivity index (χ3v) is 14.6. The van der Waals surface area contributed by atoms with Crippen LogP contribution >= 0.6 is 55.1 Å². The van der Waals surface area contributed by atoms with Gasteiger partial charge in [0.25, 0.3) is 0 Å². The average molecular weight is 997 g/mol. The zero-order valence-corrected chi connectivity index (χ0v) is 35.3. The van der Waals surface area contributed by atoms with Crippen molar-refractivity contribution in [3.63, 3.8) is 0 Å². The molecule has 1 aliphatic carbocycles. The second-order valence-electron chi connectivity index (χ2n) is 13.0. The zero-order valence-electron chi connectivity index (χ0n) is 28.0. The fourth-order valence-corrected chi connectivity index (χ4v) is 11.6. The highest BCUT2D eigenvalue weighted by Gasteiger charge is 2.48. The molecule has 0 aromatic heterocycles. The quantitative estimate of drug-likeness (QED) is 0.0507. The molecule has 0 amide bonds. The number of thiol groups is 1. The molecule has 4 saturated heterocycles. The van der Waals surface area contributed by atoms with Gasteiger partial charge in [0.1, 0.15) is 52.9 Å². The van der Waals surface area contributed by atoms with Crippen molar-refractivity contribution in [2.75, 3.05) is 46.2 Å². The van der Waals surface area contributed by atoms with Gasteiger partial charge in [0.2, 0.25) is 0 Å². The van der Waals surface area contributed by atoms with Crippen molar-refractivity contribution in [3.8, 4) is 0 Å². The van der Waals surface area contributed by atoms with E-state index in [1.54, 1.807) is 0 Å². The van der Waals surface area contributed by atoms with Crippen molar-refractivity contribution in [3.05, 3.63) is 0 Å². The van der Waals surface area contributed by atoms with Crippen LogP contribution in [0.15, 0.2) is 0 Å². The number of hydrogen-bond acceptors (Lipinski definition) is 16. The Hall–Kier alpha value is 1.35. The first kappa shape index (κ1) is 45.4. The maximum Gasteiger partial charge on any atom is 0.386 e. The van der Waals surface area contributed by atoms with E-state index in [-0.39, 0.29) is 22.6 Å². The van der Waals surface area contributed by atoms with E-state index < -0.39 is 127 Å². The van der Waals surface area contributed by atoms with Crippen molar-refractivity contribution in [2.24, 2.45) is 5.92 Å². The monoisotopic (exact) mass is 996 g/mol. The van der Waals surface area contributed by atoms with Crippen LogP contribution in [0.1, 0.15) is 38.5 Å². The molecule has 16 nitrogen and oxygen atoms in total. The van der Waals surface area contributed by atoms with Crippen molar-refractivity contribution >= 4 is 84.7 Å². The number of esters is 1.